The van der Waals surface area contributed by atoms with Gasteiger partial charge in [-0.05, 0) is 50.8 Å². The van der Waals surface area contributed by atoms with E-state index in [2.05, 4.69) is 20.0 Å². The molecule has 1 fully saturated rings. The summed E-state index contributed by atoms with van der Waals surface area (Å²) in [4.78, 5) is 8.24. The maximum absolute atomic E-state index is 12.7. The summed E-state index contributed by atoms with van der Waals surface area (Å²) in [5, 5.41) is 13.8. The van der Waals surface area contributed by atoms with Gasteiger partial charge in [0.1, 0.15) is 10.8 Å². The molecule has 0 bridgehead atoms. The Morgan fingerprint density at radius 1 is 1.35 bits per heavy atom. The molecule has 0 amide bonds. The molecule has 2 aromatic heterocycles. The van der Waals surface area contributed by atoms with Crippen molar-refractivity contribution in [3.63, 3.8) is 0 Å². The van der Waals surface area contributed by atoms with Crippen LogP contribution in [0.5, 0.6) is 5.75 Å². The van der Waals surface area contributed by atoms with Gasteiger partial charge in [0.05, 0.1) is 5.60 Å². The van der Waals surface area contributed by atoms with Gasteiger partial charge in [-0.3, -0.25) is 4.98 Å². The summed E-state index contributed by atoms with van der Waals surface area (Å²) in [5.74, 6) is -0.0266. The quantitative estimate of drug-likeness (QED) is 0.744. The number of nitrogens with zero attached hydrogens (tertiary/aromatic N) is 2. The summed E-state index contributed by atoms with van der Waals surface area (Å²) < 4.78 is 30.0. The highest BCUT2D eigenvalue weighted by molar-refractivity contribution is 6.29. The second kappa shape index (κ2) is 7.72. The number of pyridine rings is 2. The molecule has 0 aromatic carbocycles. The summed E-state index contributed by atoms with van der Waals surface area (Å²) in [6.07, 6.45) is 5.93. The van der Waals surface area contributed by atoms with Crippen LogP contribution in [0.4, 0.5) is 14.5 Å². The van der Waals surface area contributed by atoms with Gasteiger partial charge in [-0.25, -0.2) is 4.98 Å². The van der Waals surface area contributed by atoms with Crippen LogP contribution in [0, 0.1) is 0 Å². The minimum absolute atomic E-state index is 0.0266. The van der Waals surface area contributed by atoms with Crippen molar-refractivity contribution in [2.24, 2.45) is 0 Å². The van der Waals surface area contributed by atoms with Gasteiger partial charge in [0.15, 0.2) is 5.75 Å². The number of ether oxygens (including phenoxy) is 1. The first-order valence-corrected chi connectivity index (χ1v) is 8.76. The number of anilines is 1. The molecule has 2 heterocycles. The molecule has 3 rings (SSSR count). The molecule has 0 spiro atoms. The second-order valence-corrected chi connectivity index (χ2v) is 7.08. The van der Waals surface area contributed by atoms with Crippen LogP contribution in [0.15, 0.2) is 30.6 Å². The molecule has 8 heteroatoms. The van der Waals surface area contributed by atoms with E-state index in [0.29, 0.717) is 24.1 Å². The highest BCUT2D eigenvalue weighted by Gasteiger charge is 2.29. The van der Waals surface area contributed by atoms with Gasteiger partial charge >= 0.3 is 6.61 Å². The highest BCUT2D eigenvalue weighted by atomic mass is 35.5. The van der Waals surface area contributed by atoms with E-state index in [1.165, 1.54) is 24.5 Å². The number of aliphatic hydroxyl groups is 1. The van der Waals surface area contributed by atoms with Gasteiger partial charge in [0.25, 0.3) is 0 Å². The van der Waals surface area contributed by atoms with Gasteiger partial charge in [0, 0.05) is 29.7 Å². The lowest BCUT2D eigenvalue weighted by Gasteiger charge is -2.34. The van der Waals surface area contributed by atoms with E-state index in [9.17, 15) is 13.9 Å². The van der Waals surface area contributed by atoms with E-state index < -0.39 is 12.2 Å². The molecule has 2 N–H and O–H groups in total. The van der Waals surface area contributed by atoms with E-state index in [1.54, 1.807) is 6.07 Å². The Balaban J connectivity index is 1.90. The number of halogens is 3. The first-order valence-electron chi connectivity index (χ1n) is 8.39. The molecular formula is C18H20ClF2N3O2. The van der Waals surface area contributed by atoms with Gasteiger partial charge in [-0.15, -0.1) is 0 Å². The van der Waals surface area contributed by atoms with Crippen LogP contribution in [-0.2, 0) is 0 Å². The van der Waals surface area contributed by atoms with Crippen LogP contribution in [0.25, 0.3) is 11.3 Å². The number of hydrogen-bond donors (Lipinski definition) is 2. The van der Waals surface area contributed by atoms with Crippen molar-refractivity contribution >= 4 is 17.3 Å². The second-order valence-electron chi connectivity index (χ2n) is 6.70. The van der Waals surface area contributed by atoms with E-state index in [0.717, 1.165) is 12.8 Å². The lowest BCUT2D eigenvalue weighted by atomic mass is 9.83. The van der Waals surface area contributed by atoms with Crippen LogP contribution in [-0.4, -0.2) is 33.3 Å². The molecule has 140 valence electrons. The Kier molecular flexibility index (Phi) is 5.58. The predicted octanol–water partition coefficient (Wildman–Crippen LogP) is 4.50. The van der Waals surface area contributed by atoms with Crippen LogP contribution in [0.1, 0.15) is 32.6 Å². The van der Waals surface area contributed by atoms with E-state index in [4.69, 9.17) is 11.6 Å². The minimum atomic E-state index is -2.95. The topological polar surface area (TPSA) is 67.3 Å². The zero-order chi connectivity index (χ0) is 18.7. The number of aromatic nitrogens is 2. The third-order valence-corrected chi connectivity index (χ3v) is 4.74. The molecule has 0 radical (unpaired) electrons. The SMILES string of the molecule is CC1(O)CCC(Nc2cc(Cl)ncc2-c2ncccc2OC(F)F)CC1. The smallest absolute Gasteiger partial charge is 0.387 e. The Bertz CT molecular complexity index is 764. The molecular weight excluding hydrogens is 364 g/mol. The minimum Gasteiger partial charge on any atom is -0.432 e. The first-order chi connectivity index (χ1) is 12.3. The predicted molar refractivity (Wildman–Crippen MR) is 95.6 cm³/mol. The Morgan fingerprint density at radius 2 is 2.08 bits per heavy atom. The molecule has 1 saturated carbocycles. The van der Waals surface area contributed by atoms with E-state index in [1.807, 2.05) is 6.92 Å². The van der Waals surface area contributed by atoms with E-state index >= 15 is 0 Å². The van der Waals surface area contributed by atoms with Crippen molar-refractivity contribution in [3.05, 3.63) is 35.7 Å². The normalized spacial score (nSPS) is 23.1. The molecule has 2 aromatic rings. The molecule has 0 aliphatic heterocycles. The third kappa shape index (κ3) is 4.59. The van der Waals surface area contributed by atoms with Gasteiger partial charge < -0.3 is 15.2 Å². The van der Waals surface area contributed by atoms with Crippen LogP contribution in [0.2, 0.25) is 5.15 Å². The number of nitrogens with one attached hydrogen (secondary N) is 1. The average molecular weight is 384 g/mol. The number of alkyl halides is 2. The van der Waals surface area contributed by atoms with Crippen molar-refractivity contribution < 1.29 is 18.6 Å². The molecule has 1 aliphatic rings. The Hall–Kier alpha value is -1.99. The molecule has 0 unspecified atom stereocenters. The summed E-state index contributed by atoms with van der Waals surface area (Å²) in [6, 6.07) is 4.74. The Morgan fingerprint density at radius 3 is 2.77 bits per heavy atom. The maximum atomic E-state index is 12.7. The molecule has 0 saturated heterocycles. The standard InChI is InChI=1S/C18H20ClF2N3O2/c1-18(25)6-4-11(5-7-18)24-13-9-15(19)23-10-12(13)16-14(26-17(20)21)3-2-8-22-16/h2-3,8-11,17,25H,4-7H2,1H3,(H,23,24). The number of hydrogen-bond acceptors (Lipinski definition) is 5. The molecule has 1 aliphatic carbocycles. The van der Waals surface area contributed by atoms with Crippen molar-refractivity contribution in [3.8, 4) is 17.0 Å². The van der Waals surface area contributed by atoms with Gasteiger partial charge in [-0.1, -0.05) is 11.6 Å². The monoisotopic (exact) mass is 383 g/mol. The van der Waals surface area contributed by atoms with Crippen molar-refractivity contribution in [1.82, 2.24) is 9.97 Å². The van der Waals surface area contributed by atoms with Crippen LogP contribution in [0.3, 0.4) is 0 Å². The zero-order valence-corrected chi connectivity index (χ0v) is 15.0. The van der Waals surface area contributed by atoms with Crippen molar-refractivity contribution in [1.29, 1.82) is 0 Å². The lowest BCUT2D eigenvalue weighted by Crippen LogP contribution is -2.35. The largest absolute Gasteiger partial charge is 0.432 e. The van der Waals surface area contributed by atoms with Gasteiger partial charge in [0.2, 0.25) is 0 Å². The fourth-order valence-corrected chi connectivity index (χ4v) is 3.28. The summed E-state index contributed by atoms with van der Waals surface area (Å²) in [7, 11) is 0. The average Bonchev–Trinajstić information content (AvgIpc) is 2.57. The maximum Gasteiger partial charge on any atom is 0.387 e. The zero-order valence-electron chi connectivity index (χ0n) is 14.3. The summed E-state index contributed by atoms with van der Waals surface area (Å²) in [5.41, 5.74) is 0.801. The fraction of sp³-hybridized carbons (Fsp3) is 0.444. The molecule has 5 nitrogen and oxygen atoms in total. The van der Waals surface area contributed by atoms with Crippen molar-refractivity contribution in [2.45, 2.75) is 50.9 Å². The molecule has 26 heavy (non-hydrogen) atoms. The summed E-state index contributed by atoms with van der Waals surface area (Å²) in [6.45, 7) is -1.12. The van der Waals surface area contributed by atoms with Crippen LogP contribution < -0.4 is 10.1 Å². The Labute approximate surface area is 155 Å². The summed E-state index contributed by atoms with van der Waals surface area (Å²) >= 11 is 6.03. The molecule has 0 atom stereocenters. The first kappa shape index (κ1) is 18.8. The van der Waals surface area contributed by atoms with E-state index in [-0.39, 0.29) is 22.6 Å². The lowest BCUT2D eigenvalue weighted by molar-refractivity contribution is -0.0496. The van der Waals surface area contributed by atoms with Crippen molar-refractivity contribution in [2.75, 3.05) is 5.32 Å². The number of rotatable bonds is 5. The third-order valence-electron chi connectivity index (χ3n) is 4.53. The fourth-order valence-electron chi connectivity index (χ4n) is 3.13. The van der Waals surface area contributed by atoms with Gasteiger partial charge in [-0.2, -0.15) is 8.78 Å². The van der Waals surface area contributed by atoms with Crippen LogP contribution >= 0.6 is 11.6 Å². The highest BCUT2D eigenvalue weighted by Crippen LogP contribution is 2.37.